The van der Waals surface area contributed by atoms with Crippen LogP contribution in [-0.4, -0.2) is 24.6 Å². The smallest absolute Gasteiger partial charge is 0.132 e. The largest absolute Gasteiger partial charge is 0.290 e. The molecule has 121 valence electrons. The second kappa shape index (κ2) is 5.40. The van der Waals surface area contributed by atoms with Gasteiger partial charge in [-0.05, 0) is 42.7 Å². The minimum Gasteiger partial charge on any atom is -0.290 e. The van der Waals surface area contributed by atoms with Crippen LogP contribution in [0.5, 0.6) is 0 Å². The van der Waals surface area contributed by atoms with Gasteiger partial charge in [-0.3, -0.25) is 4.48 Å². The number of hydrogen-bond donors (Lipinski definition) is 0. The van der Waals surface area contributed by atoms with Gasteiger partial charge in [0.25, 0.3) is 0 Å². The molecule has 3 fully saturated rings. The summed E-state index contributed by atoms with van der Waals surface area (Å²) in [4.78, 5) is 4.61. The first kappa shape index (κ1) is 14.6. The first-order valence-electron chi connectivity index (χ1n) is 8.89. The van der Waals surface area contributed by atoms with E-state index in [4.69, 9.17) is 0 Å². The van der Waals surface area contributed by atoms with E-state index in [1.54, 1.807) is 5.92 Å². The van der Waals surface area contributed by atoms with Gasteiger partial charge in [0.15, 0.2) is 0 Å². The predicted octanol–water partition coefficient (Wildman–Crippen LogP) is 4.96. The molecule has 3 heteroatoms. The van der Waals surface area contributed by atoms with Crippen molar-refractivity contribution in [3.63, 3.8) is 0 Å². The fourth-order valence-corrected chi connectivity index (χ4v) is 5.55. The zero-order valence-electron chi connectivity index (χ0n) is 14.0. The Kier molecular flexibility index (Phi) is 3.29. The van der Waals surface area contributed by atoms with Crippen LogP contribution < -0.4 is 4.48 Å². The molecule has 4 heterocycles. The van der Waals surface area contributed by atoms with Crippen molar-refractivity contribution < 1.29 is 0 Å². The van der Waals surface area contributed by atoms with E-state index < -0.39 is 0 Å². The minimum atomic E-state index is 0.778. The average Bonchev–Trinajstić information content (AvgIpc) is 3.02. The van der Waals surface area contributed by atoms with Gasteiger partial charge in [0.2, 0.25) is 0 Å². The van der Waals surface area contributed by atoms with E-state index in [1.807, 2.05) is 11.3 Å². The molecule has 3 aromatic rings. The second-order valence-electron chi connectivity index (χ2n) is 7.30. The van der Waals surface area contributed by atoms with Crippen molar-refractivity contribution in [1.29, 1.82) is 0 Å². The van der Waals surface area contributed by atoms with E-state index >= 15 is 0 Å². The third-order valence-electron chi connectivity index (χ3n) is 5.95. The Morgan fingerprint density at radius 3 is 2.62 bits per heavy atom. The zero-order chi connectivity index (χ0) is 16.1. The van der Waals surface area contributed by atoms with E-state index in [0.29, 0.717) is 0 Å². The Bertz CT molecular complexity index is 875. The molecule has 3 aliphatic heterocycles. The first-order valence-corrected chi connectivity index (χ1v) is 9.70. The summed E-state index contributed by atoms with van der Waals surface area (Å²) in [5.41, 5.74) is 4.09. The molecular formula is C21H22N2S+. The zero-order valence-corrected chi connectivity index (χ0v) is 14.9. The first-order chi connectivity index (χ1) is 11.7. The van der Waals surface area contributed by atoms with Crippen molar-refractivity contribution in [2.75, 3.05) is 19.6 Å². The highest BCUT2D eigenvalue weighted by atomic mass is 32.1. The lowest BCUT2D eigenvalue weighted by molar-refractivity contribution is 0.142. The van der Waals surface area contributed by atoms with Crippen molar-refractivity contribution in [1.82, 2.24) is 9.47 Å². The molecule has 1 radical (unpaired) electrons. The molecule has 0 atom stereocenters. The molecule has 2 aromatic carbocycles. The van der Waals surface area contributed by atoms with E-state index in [1.165, 1.54) is 48.4 Å². The Hall–Kier alpha value is -1.71. The summed E-state index contributed by atoms with van der Waals surface area (Å²) < 4.78 is 2.48. The molecule has 1 aromatic heterocycles. The van der Waals surface area contributed by atoms with Crippen LogP contribution in [0, 0.1) is 18.8 Å². The van der Waals surface area contributed by atoms with Crippen molar-refractivity contribution in [2.24, 2.45) is 5.92 Å². The van der Waals surface area contributed by atoms with E-state index in [9.17, 15) is 0 Å². The number of para-hydroxylation sites is 1. The maximum absolute atomic E-state index is 4.61. The molecule has 6 rings (SSSR count). The van der Waals surface area contributed by atoms with Crippen LogP contribution in [0.3, 0.4) is 0 Å². The topological polar surface area (TPSA) is 12.9 Å². The number of thiazole rings is 1. The molecule has 2 bridgehead atoms. The third-order valence-corrected chi connectivity index (χ3v) is 6.88. The highest BCUT2D eigenvalue weighted by Crippen LogP contribution is 2.45. The maximum atomic E-state index is 4.61. The fourth-order valence-electron chi connectivity index (χ4n) is 4.68. The van der Waals surface area contributed by atoms with Gasteiger partial charge in [0.05, 0.1) is 40.8 Å². The Labute approximate surface area is 147 Å². The quantitative estimate of drug-likeness (QED) is 0.604. The van der Waals surface area contributed by atoms with E-state index in [0.717, 1.165) is 20.9 Å². The number of rotatable bonds is 2. The number of aromatic nitrogens is 1. The summed E-state index contributed by atoms with van der Waals surface area (Å²) in [5.74, 6) is 2.45. The number of benzene rings is 2. The van der Waals surface area contributed by atoms with Crippen LogP contribution >= 0.6 is 11.3 Å². The molecule has 2 nitrogen and oxygen atoms in total. The molecule has 3 aliphatic rings. The molecule has 0 aliphatic carbocycles. The number of piperidine rings is 3. The Morgan fingerprint density at radius 2 is 1.83 bits per heavy atom. The normalized spacial score (nSPS) is 27.0. The summed E-state index contributed by atoms with van der Waals surface area (Å²) in [6, 6.07) is 18.1. The number of aryl methyl sites for hydroxylation is 1. The lowest BCUT2D eigenvalue weighted by atomic mass is 9.73. The standard InChI is InChI=1S/C21H22N2S/c1-15-22-20-8-7-17(13-21(20)24-15)19-14-23(11-9-16(19)10-12-23)18-5-3-2-4-6-18/h2-8,13,16H,9-12,14H2,1H3/q+1. The van der Waals surface area contributed by atoms with Crippen molar-refractivity contribution in [3.8, 4) is 0 Å². The number of nitrogens with zero attached hydrogens (tertiary/aromatic N) is 2. The molecule has 0 spiro atoms. The molecule has 0 amide bonds. The summed E-state index contributed by atoms with van der Waals surface area (Å²) in [6.45, 7) is 5.86. The minimum absolute atomic E-state index is 0.778. The SMILES string of the molecule is Cc1nc2ccc([C]3C[N+]4(c5ccccc5)CCC3CC4)cc2s1. The van der Waals surface area contributed by atoms with Gasteiger partial charge in [-0.1, -0.05) is 24.3 Å². The lowest BCUT2D eigenvalue weighted by Crippen LogP contribution is -2.62. The molecule has 0 N–H and O–H groups in total. The van der Waals surface area contributed by atoms with Gasteiger partial charge in [-0.2, -0.15) is 0 Å². The van der Waals surface area contributed by atoms with Crippen LogP contribution in [0.4, 0.5) is 5.69 Å². The average molecular weight is 334 g/mol. The Morgan fingerprint density at radius 1 is 1.04 bits per heavy atom. The molecule has 3 saturated heterocycles. The number of fused-ring (bicyclic) bond motifs is 4. The lowest BCUT2D eigenvalue weighted by Gasteiger charge is -2.52. The van der Waals surface area contributed by atoms with Gasteiger partial charge in [0, 0.05) is 12.8 Å². The van der Waals surface area contributed by atoms with Crippen molar-refractivity contribution >= 4 is 27.2 Å². The van der Waals surface area contributed by atoms with Gasteiger partial charge in [-0.25, -0.2) is 4.98 Å². The summed E-state index contributed by atoms with van der Waals surface area (Å²) in [6.07, 6.45) is 2.65. The van der Waals surface area contributed by atoms with Crippen LogP contribution in [0.2, 0.25) is 0 Å². The highest BCUT2D eigenvalue weighted by Gasteiger charge is 2.48. The summed E-state index contributed by atoms with van der Waals surface area (Å²) in [7, 11) is 0. The number of hydrogen-bond acceptors (Lipinski definition) is 2. The van der Waals surface area contributed by atoms with Crippen molar-refractivity contribution in [3.05, 3.63) is 65.0 Å². The van der Waals surface area contributed by atoms with Gasteiger partial charge < -0.3 is 0 Å². The summed E-state index contributed by atoms with van der Waals surface area (Å²) in [5, 5.41) is 1.16. The fraction of sp³-hybridized carbons (Fsp3) is 0.333. The van der Waals surface area contributed by atoms with E-state index in [-0.39, 0.29) is 0 Å². The second-order valence-corrected chi connectivity index (χ2v) is 8.54. The maximum Gasteiger partial charge on any atom is 0.132 e. The third kappa shape index (κ3) is 2.22. The molecule has 24 heavy (non-hydrogen) atoms. The molecular weight excluding hydrogens is 312 g/mol. The van der Waals surface area contributed by atoms with Crippen molar-refractivity contribution in [2.45, 2.75) is 19.8 Å². The molecule has 0 unspecified atom stereocenters. The number of quaternary nitrogens is 1. The van der Waals surface area contributed by atoms with Crippen LogP contribution in [0.15, 0.2) is 48.5 Å². The Balaban J connectivity index is 1.54. The van der Waals surface area contributed by atoms with Gasteiger partial charge in [0.1, 0.15) is 5.69 Å². The van der Waals surface area contributed by atoms with Crippen LogP contribution in [0.25, 0.3) is 10.2 Å². The van der Waals surface area contributed by atoms with E-state index in [2.05, 4.69) is 60.4 Å². The van der Waals surface area contributed by atoms with Crippen LogP contribution in [0.1, 0.15) is 23.4 Å². The van der Waals surface area contributed by atoms with Crippen LogP contribution in [-0.2, 0) is 0 Å². The van der Waals surface area contributed by atoms with Gasteiger partial charge >= 0.3 is 0 Å². The highest BCUT2D eigenvalue weighted by molar-refractivity contribution is 7.18. The molecule has 0 saturated carbocycles. The predicted molar refractivity (Wildman–Crippen MR) is 102 cm³/mol. The summed E-state index contributed by atoms with van der Waals surface area (Å²) >= 11 is 1.82. The van der Waals surface area contributed by atoms with Gasteiger partial charge in [-0.15, -0.1) is 11.3 Å². The monoisotopic (exact) mass is 334 g/mol.